The molecule has 5 nitrogen and oxygen atoms in total. The molecule has 0 bridgehead atoms. The van der Waals surface area contributed by atoms with Gasteiger partial charge in [0.1, 0.15) is 0 Å². The molecule has 1 saturated heterocycles. The molecular formula is C15H22N2O3. The van der Waals surface area contributed by atoms with E-state index in [2.05, 4.69) is 11.8 Å². The Balaban J connectivity index is 2.14. The maximum Gasteiger partial charge on any atom is 0.272 e. The molecule has 0 aromatic heterocycles. The lowest BCUT2D eigenvalue weighted by Gasteiger charge is -2.39. The Morgan fingerprint density at radius 3 is 2.90 bits per heavy atom. The van der Waals surface area contributed by atoms with Crippen LogP contribution in [0.4, 0.5) is 5.69 Å². The number of benzene rings is 1. The van der Waals surface area contributed by atoms with E-state index in [0.29, 0.717) is 6.54 Å². The molecule has 5 heteroatoms. The number of hydrogen-bond donors (Lipinski definition) is 1. The van der Waals surface area contributed by atoms with Gasteiger partial charge in [-0.15, -0.1) is 0 Å². The summed E-state index contributed by atoms with van der Waals surface area (Å²) in [5.41, 5.74) is 1.88. The average Bonchev–Trinajstić information content (AvgIpc) is 2.41. The molecule has 1 unspecified atom stereocenters. The summed E-state index contributed by atoms with van der Waals surface area (Å²) in [6.45, 7) is 6.63. The highest BCUT2D eigenvalue weighted by Gasteiger charge is 2.30. The van der Waals surface area contributed by atoms with Crippen LogP contribution in [0.1, 0.15) is 30.9 Å². The molecule has 0 saturated carbocycles. The van der Waals surface area contributed by atoms with Crippen LogP contribution in [0, 0.1) is 22.5 Å². The zero-order chi connectivity index (χ0) is 14.8. The Morgan fingerprint density at radius 1 is 1.50 bits per heavy atom. The van der Waals surface area contributed by atoms with E-state index in [9.17, 15) is 15.2 Å². The third kappa shape index (κ3) is 3.16. The normalized spacial score (nSPS) is 23.8. The Labute approximate surface area is 119 Å². The van der Waals surface area contributed by atoms with Crippen molar-refractivity contribution in [2.45, 2.75) is 33.2 Å². The number of nitro groups is 1. The van der Waals surface area contributed by atoms with Crippen molar-refractivity contribution < 1.29 is 10.0 Å². The van der Waals surface area contributed by atoms with Crippen molar-refractivity contribution in [2.24, 2.45) is 5.41 Å². The molecule has 2 rings (SSSR count). The Kier molecular flexibility index (Phi) is 4.40. The van der Waals surface area contributed by atoms with Gasteiger partial charge in [-0.25, -0.2) is 0 Å². The fraction of sp³-hybridized carbons (Fsp3) is 0.600. The van der Waals surface area contributed by atoms with E-state index in [1.165, 1.54) is 0 Å². The second-order valence-corrected chi connectivity index (χ2v) is 6.10. The zero-order valence-electron chi connectivity index (χ0n) is 12.1. The molecule has 1 heterocycles. The van der Waals surface area contributed by atoms with E-state index in [1.54, 1.807) is 12.1 Å². The number of piperidine rings is 1. The molecule has 20 heavy (non-hydrogen) atoms. The molecule has 110 valence electrons. The van der Waals surface area contributed by atoms with Crippen LogP contribution in [0.3, 0.4) is 0 Å². The molecule has 1 aliphatic heterocycles. The van der Waals surface area contributed by atoms with Crippen LogP contribution in [0.5, 0.6) is 0 Å². The lowest BCUT2D eigenvalue weighted by atomic mass is 9.82. The molecule has 1 aliphatic rings. The van der Waals surface area contributed by atoms with Gasteiger partial charge < -0.3 is 5.11 Å². The first-order valence-electron chi connectivity index (χ1n) is 7.01. The third-order valence-electron chi connectivity index (χ3n) is 4.25. The molecule has 0 spiro atoms. The zero-order valence-corrected chi connectivity index (χ0v) is 12.1. The highest BCUT2D eigenvalue weighted by molar-refractivity contribution is 5.44. The van der Waals surface area contributed by atoms with Gasteiger partial charge in [0.15, 0.2) is 0 Å². The maximum atomic E-state index is 11.0. The topological polar surface area (TPSA) is 66.6 Å². The van der Waals surface area contributed by atoms with Gasteiger partial charge in [-0.2, -0.15) is 0 Å². The van der Waals surface area contributed by atoms with Gasteiger partial charge in [0, 0.05) is 36.7 Å². The third-order valence-corrected chi connectivity index (χ3v) is 4.25. The van der Waals surface area contributed by atoms with Gasteiger partial charge in [0.25, 0.3) is 5.69 Å². The van der Waals surface area contributed by atoms with Crippen molar-refractivity contribution in [3.8, 4) is 0 Å². The molecule has 1 aromatic carbocycles. The van der Waals surface area contributed by atoms with Crippen molar-refractivity contribution >= 4 is 5.69 Å². The van der Waals surface area contributed by atoms with Crippen LogP contribution in [-0.4, -0.2) is 34.6 Å². The highest BCUT2D eigenvalue weighted by Crippen LogP contribution is 2.30. The summed E-state index contributed by atoms with van der Waals surface area (Å²) in [6, 6.07) is 5.25. The van der Waals surface area contributed by atoms with Crippen molar-refractivity contribution in [3.05, 3.63) is 39.4 Å². The predicted molar refractivity (Wildman–Crippen MR) is 77.5 cm³/mol. The van der Waals surface area contributed by atoms with Crippen molar-refractivity contribution in [1.82, 2.24) is 4.90 Å². The van der Waals surface area contributed by atoms with Gasteiger partial charge in [-0.1, -0.05) is 19.1 Å². The fourth-order valence-corrected chi connectivity index (χ4v) is 2.97. The van der Waals surface area contributed by atoms with E-state index in [1.807, 2.05) is 13.0 Å². The lowest BCUT2D eigenvalue weighted by molar-refractivity contribution is -0.385. The van der Waals surface area contributed by atoms with Gasteiger partial charge in [-0.05, 0) is 31.9 Å². The summed E-state index contributed by atoms with van der Waals surface area (Å²) in [5.74, 6) is 0. The van der Waals surface area contributed by atoms with E-state index >= 15 is 0 Å². The molecule has 1 N–H and O–H groups in total. The first-order chi connectivity index (χ1) is 9.45. The van der Waals surface area contributed by atoms with Gasteiger partial charge in [-0.3, -0.25) is 15.0 Å². The molecular weight excluding hydrogens is 256 g/mol. The van der Waals surface area contributed by atoms with Crippen LogP contribution in [0.25, 0.3) is 0 Å². The van der Waals surface area contributed by atoms with Gasteiger partial charge in [0.2, 0.25) is 0 Å². The van der Waals surface area contributed by atoms with Crippen LogP contribution in [0.2, 0.25) is 0 Å². The van der Waals surface area contributed by atoms with Gasteiger partial charge in [0.05, 0.1) is 4.92 Å². The number of nitro benzene ring substituents is 1. The number of aliphatic hydroxyl groups excluding tert-OH is 1. The SMILES string of the molecule is Cc1c(CN2CCCC(C)(CO)C2)cccc1[N+](=O)[O-]. The van der Waals surface area contributed by atoms with Crippen molar-refractivity contribution in [1.29, 1.82) is 0 Å². The van der Waals surface area contributed by atoms with Crippen molar-refractivity contribution in [3.63, 3.8) is 0 Å². The minimum atomic E-state index is -0.327. The minimum Gasteiger partial charge on any atom is -0.396 e. The van der Waals surface area contributed by atoms with E-state index in [0.717, 1.165) is 37.1 Å². The predicted octanol–water partition coefficient (Wildman–Crippen LogP) is 2.50. The van der Waals surface area contributed by atoms with E-state index < -0.39 is 0 Å². The molecule has 0 radical (unpaired) electrons. The second-order valence-electron chi connectivity index (χ2n) is 6.10. The Morgan fingerprint density at radius 2 is 2.25 bits per heavy atom. The Bertz CT molecular complexity index is 504. The molecule has 0 aliphatic carbocycles. The monoisotopic (exact) mass is 278 g/mol. The largest absolute Gasteiger partial charge is 0.396 e. The summed E-state index contributed by atoms with van der Waals surface area (Å²) < 4.78 is 0. The first kappa shape index (κ1) is 14.9. The van der Waals surface area contributed by atoms with Crippen molar-refractivity contribution in [2.75, 3.05) is 19.7 Å². The molecule has 0 amide bonds. The van der Waals surface area contributed by atoms with E-state index in [4.69, 9.17) is 0 Å². The molecule has 1 fully saturated rings. The minimum absolute atomic E-state index is 0.0487. The van der Waals surface area contributed by atoms with Crippen LogP contribution in [-0.2, 0) is 6.54 Å². The van der Waals surface area contributed by atoms with Gasteiger partial charge >= 0.3 is 0 Å². The number of aliphatic hydroxyl groups is 1. The summed E-state index contributed by atoms with van der Waals surface area (Å²) >= 11 is 0. The standard InChI is InChI=1S/C15H22N2O3/c1-12-13(5-3-6-14(12)17(19)20)9-16-8-4-7-15(2,10-16)11-18/h3,5-6,18H,4,7-11H2,1-2H3. The summed E-state index contributed by atoms with van der Waals surface area (Å²) in [6.07, 6.45) is 2.10. The number of rotatable bonds is 4. The van der Waals surface area contributed by atoms with Crippen LogP contribution >= 0.6 is 0 Å². The first-order valence-corrected chi connectivity index (χ1v) is 7.01. The lowest BCUT2D eigenvalue weighted by Crippen LogP contribution is -2.43. The average molecular weight is 278 g/mol. The van der Waals surface area contributed by atoms with Crippen LogP contribution < -0.4 is 0 Å². The summed E-state index contributed by atoms with van der Waals surface area (Å²) in [4.78, 5) is 12.9. The smallest absolute Gasteiger partial charge is 0.272 e. The fourth-order valence-electron chi connectivity index (χ4n) is 2.97. The second kappa shape index (κ2) is 5.89. The summed E-state index contributed by atoms with van der Waals surface area (Å²) in [7, 11) is 0. The highest BCUT2D eigenvalue weighted by atomic mass is 16.6. The summed E-state index contributed by atoms with van der Waals surface area (Å²) in [5, 5.41) is 20.5. The van der Waals surface area contributed by atoms with E-state index in [-0.39, 0.29) is 22.6 Å². The number of nitrogens with zero attached hydrogens (tertiary/aromatic N) is 2. The number of hydrogen-bond acceptors (Lipinski definition) is 4. The Hall–Kier alpha value is -1.46. The molecule has 1 aromatic rings. The number of likely N-dealkylation sites (tertiary alicyclic amines) is 1. The van der Waals surface area contributed by atoms with Crippen LogP contribution in [0.15, 0.2) is 18.2 Å². The molecule has 1 atom stereocenters. The quantitative estimate of drug-likeness (QED) is 0.679. The maximum absolute atomic E-state index is 11.0.